The number of aromatic hydroxyl groups is 1. The van der Waals surface area contributed by atoms with Crippen LogP contribution in [0.25, 0.3) is 6.08 Å². The van der Waals surface area contributed by atoms with Crippen LogP contribution in [0.5, 0.6) is 11.5 Å². The van der Waals surface area contributed by atoms with Crippen LogP contribution in [-0.4, -0.2) is 33.4 Å². The summed E-state index contributed by atoms with van der Waals surface area (Å²) in [5.41, 5.74) is 3.20. The Labute approximate surface area is 176 Å². The third kappa shape index (κ3) is 3.87. The second-order valence-electron chi connectivity index (χ2n) is 4.99. The molecular formula is C16H11IN2O4S3. The molecule has 0 aliphatic carbocycles. The van der Waals surface area contributed by atoms with E-state index in [2.05, 4.69) is 5.43 Å². The molecule has 0 saturated carbocycles. The van der Waals surface area contributed by atoms with Crippen molar-refractivity contribution in [3.05, 3.63) is 48.6 Å². The van der Waals surface area contributed by atoms with Crippen molar-refractivity contribution in [2.45, 2.75) is 0 Å². The smallest absolute Gasteiger partial charge is 0.285 e. The molecule has 1 aromatic heterocycles. The zero-order valence-electron chi connectivity index (χ0n) is 13.2. The van der Waals surface area contributed by atoms with E-state index in [4.69, 9.17) is 17.0 Å². The lowest BCUT2D eigenvalue weighted by Gasteiger charge is -2.14. The molecule has 0 unspecified atom stereocenters. The van der Waals surface area contributed by atoms with Gasteiger partial charge in [0.15, 0.2) is 15.8 Å². The number of thiocarbonyl (C=S) groups is 1. The highest BCUT2D eigenvalue weighted by molar-refractivity contribution is 14.1. The summed E-state index contributed by atoms with van der Waals surface area (Å²) in [6.45, 7) is 0. The minimum absolute atomic E-state index is 0.0426. The topological polar surface area (TPSA) is 78.9 Å². The monoisotopic (exact) mass is 518 g/mol. The first-order valence-corrected chi connectivity index (χ1v) is 10.3. The maximum Gasteiger partial charge on any atom is 0.285 e. The predicted octanol–water partition coefficient (Wildman–Crippen LogP) is 3.61. The number of hydrazine groups is 1. The van der Waals surface area contributed by atoms with E-state index in [1.54, 1.807) is 35.7 Å². The molecule has 1 aliphatic heterocycles. The van der Waals surface area contributed by atoms with E-state index < -0.39 is 11.8 Å². The molecule has 1 fully saturated rings. The maximum absolute atomic E-state index is 12.6. The molecule has 2 amide bonds. The molecular weight excluding hydrogens is 507 g/mol. The van der Waals surface area contributed by atoms with Crippen LogP contribution in [0.1, 0.15) is 15.2 Å². The van der Waals surface area contributed by atoms with E-state index in [1.165, 1.54) is 18.4 Å². The minimum Gasteiger partial charge on any atom is -0.504 e. The highest BCUT2D eigenvalue weighted by Crippen LogP contribution is 2.36. The fourth-order valence-corrected chi connectivity index (χ4v) is 4.53. The van der Waals surface area contributed by atoms with Gasteiger partial charge in [-0.1, -0.05) is 17.8 Å². The number of halogens is 1. The number of carbonyl (C=O) groups is 2. The Morgan fingerprint density at radius 2 is 2.23 bits per heavy atom. The molecule has 0 spiro atoms. The first-order valence-electron chi connectivity index (χ1n) is 7.09. The van der Waals surface area contributed by atoms with Crippen LogP contribution in [0.15, 0.2) is 34.6 Å². The van der Waals surface area contributed by atoms with E-state index in [9.17, 15) is 14.7 Å². The van der Waals surface area contributed by atoms with E-state index in [-0.39, 0.29) is 10.1 Å². The first-order chi connectivity index (χ1) is 12.4. The zero-order chi connectivity index (χ0) is 18.8. The van der Waals surface area contributed by atoms with Gasteiger partial charge in [0.25, 0.3) is 11.8 Å². The van der Waals surface area contributed by atoms with Crippen LogP contribution < -0.4 is 10.2 Å². The van der Waals surface area contributed by atoms with Gasteiger partial charge in [-0.15, -0.1) is 11.3 Å². The van der Waals surface area contributed by atoms with Gasteiger partial charge in [-0.05, 0) is 70.0 Å². The van der Waals surface area contributed by atoms with Gasteiger partial charge in [-0.3, -0.25) is 15.0 Å². The summed E-state index contributed by atoms with van der Waals surface area (Å²) in [7, 11) is 1.45. The summed E-state index contributed by atoms with van der Waals surface area (Å²) < 4.78 is 5.96. The van der Waals surface area contributed by atoms with Crippen LogP contribution in [0, 0.1) is 3.57 Å². The Hall–Kier alpha value is -1.63. The van der Waals surface area contributed by atoms with Crippen molar-refractivity contribution < 1.29 is 19.4 Å². The number of hydrogen-bond donors (Lipinski definition) is 2. The fourth-order valence-electron chi connectivity index (χ4n) is 2.11. The average Bonchev–Trinajstić information content (AvgIpc) is 3.23. The SMILES string of the molecule is COc1cc(/C=C2/SC(=S)N(NC(=O)c3cccs3)C2=O)cc(I)c1O. The number of phenols is 1. The fraction of sp³-hybridized carbons (Fsp3) is 0.0625. The summed E-state index contributed by atoms with van der Waals surface area (Å²) in [4.78, 5) is 25.6. The average molecular weight is 518 g/mol. The number of nitrogens with zero attached hydrogens (tertiary/aromatic N) is 1. The van der Waals surface area contributed by atoms with E-state index in [1.807, 2.05) is 22.6 Å². The molecule has 10 heteroatoms. The van der Waals surface area contributed by atoms with E-state index >= 15 is 0 Å². The molecule has 1 saturated heterocycles. The highest BCUT2D eigenvalue weighted by Gasteiger charge is 2.34. The second kappa shape index (κ2) is 7.94. The van der Waals surface area contributed by atoms with Crippen LogP contribution in [0.4, 0.5) is 0 Å². The summed E-state index contributed by atoms with van der Waals surface area (Å²) in [6.07, 6.45) is 1.64. The van der Waals surface area contributed by atoms with Gasteiger partial charge in [-0.25, -0.2) is 0 Å². The van der Waals surface area contributed by atoms with Gasteiger partial charge in [0.1, 0.15) is 0 Å². The number of phenolic OH excluding ortho intramolecular Hbond substituents is 1. The quantitative estimate of drug-likeness (QED) is 0.366. The number of hydrogen-bond acceptors (Lipinski definition) is 7. The summed E-state index contributed by atoms with van der Waals surface area (Å²) in [5.74, 6) is -0.448. The second-order valence-corrected chi connectivity index (χ2v) is 8.77. The van der Waals surface area contributed by atoms with Crippen LogP contribution in [0.2, 0.25) is 0 Å². The van der Waals surface area contributed by atoms with Gasteiger partial charge in [-0.2, -0.15) is 5.01 Å². The molecule has 0 bridgehead atoms. The Morgan fingerprint density at radius 3 is 2.88 bits per heavy atom. The lowest BCUT2D eigenvalue weighted by Crippen LogP contribution is -2.44. The van der Waals surface area contributed by atoms with Crippen molar-refractivity contribution in [3.63, 3.8) is 0 Å². The molecule has 2 heterocycles. The van der Waals surface area contributed by atoms with E-state index in [0.29, 0.717) is 24.7 Å². The standard InChI is InChI=1S/C16H11IN2O4S3/c1-23-10-6-8(5-9(17)13(10)20)7-12-15(22)19(16(24)26-12)18-14(21)11-3-2-4-25-11/h2-7,20H,1H3,(H,18,21)/b12-7+. The number of rotatable bonds is 4. The highest BCUT2D eigenvalue weighted by atomic mass is 127. The van der Waals surface area contributed by atoms with Crippen molar-refractivity contribution in [2.24, 2.45) is 0 Å². The Bertz CT molecular complexity index is 928. The van der Waals surface area contributed by atoms with Crippen molar-refractivity contribution in [2.75, 3.05) is 7.11 Å². The normalized spacial score (nSPS) is 15.6. The molecule has 0 radical (unpaired) electrons. The molecule has 26 heavy (non-hydrogen) atoms. The lowest BCUT2D eigenvalue weighted by atomic mass is 10.2. The number of thiophene rings is 1. The van der Waals surface area contributed by atoms with Gasteiger partial charge >= 0.3 is 0 Å². The predicted molar refractivity (Wildman–Crippen MR) is 114 cm³/mol. The molecule has 3 rings (SSSR count). The zero-order valence-corrected chi connectivity index (χ0v) is 17.8. The molecule has 1 aliphatic rings. The number of nitrogens with one attached hydrogen (secondary N) is 1. The maximum atomic E-state index is 12.6. The Morgan fingerprint density at radius 1 is 1.46 bits per heavy atom. The molecule has 6 nitrogen and oxygen atoms in total. The molecule has 0 atom stereocenters. The number of methoxy groups -OCH3 is 1. The number of benzene rings is 1. The third-order valence-corrected chi connectivity index (χ3v) is 6.31. The van der Waals surface area contributed by atoms with Crippen LogP contribution in [-0.2, 0) is 4.79 Å². The summed E-state index contributed by atoms with van der Waals surface area (Å²) in [6, 6.07) is 6.76. The van der Waals surface area contributed by atoms with Crippen LogP contribution >= 0.6 is 57.9 Å². The first kappa shape index (κ1) is 19.1. The van der Waals surface area contributed by atoms with Crippen molar-refractivity contribution in [1.29, 1.82) is 0 Å². The largest absolute Gasteiger partial charge is 0.504 e. The van der Waals surface area contributed by atoms with Gasteiger partial charge in [0, 0.05) is 0 Å². The number of ether oxygens (including phenoxy) is 1. The number of thioether (sulfide) groups is 1. The molecule has 134 valence electrons. The summed E-state index contributed by atoms with van der Waals surface area (Å²) in [5, 5.41) is 12.8. The third-order valence-electron chi connectivity index (χ3n) is 3.32. The van der Waals surface area contributed by atoms with Crippen molar-refractivity contribution in [3.8, 4) is 11.5 Å². The number of amides is 2. The summed E-state index contributed by atoms with van der Waals surface area (Å²) >= 11 is 9.55. The van der Waals surface area contributed by atoms with Crippen molar-refractivity contribution >= 4 is 80.1 Å². The lowest BCUT2D eigenvalue weighted by molar-refractivity contribution is -0.123. The minimum atomic E-state index is -0.410. The Balaban J connectivity index is 1.83. The number of carbonyl (C=O) groups excluding carboxylic acids is 2. The van der Waals surface area contributed by atoms with Crippen LogP contribution in [0.3, 0.4) is 0 Å². The molecule has 2 N–H and O–H groups in total. The molecule has 2 aromatic rings. The van der Waals surface area contributed by atoms with E-state index in [0.717, 1.165) is 16.8 Å². The van der Waals surface area contributed by atoms with Crippen molar-refractivity contribution in [1.82, 2.24) is 10.4 Å². The van der Waals surface area contributed by atoms with Gasteiger partial charge in [0.05, 0.1) is 20.5 Å². The Kier molecular flexibility index (Phi) is 5.85. The molecule has 1 aromatic carbocycles. The van der Waals surface area contributed by atoms with Gasteiger partial charge < -0.3 is 9.84 Å². The van der Waals surface area contributed by atoms with Gasteiger partial charge in [0.2, 0.25) is 0 Å².